The smallest absolute Gasteiger partial charge is 0.337 e. The number of nitrogens with zero attached hydrogens (tertiary/aromatic N) is 1. The second-order valence-electron chi connectivity index (χ2n) is 5.17. The van der Waals surface area contributed by atoms with Gasteiger partial charge >= 0.3 is 5.97 Å². The highest BCUT2D eigenvalue weighted by molar-refractivity contribution is 8.00. The third-order valence-electron chi connectivity index (χ3n) is 3.88. The van der Waals surface area contributed by atoms with Crippen LogP contribution in [-0.2, 0) is 10.0 Å². The van der Waals surface area contributed by atoms with Gasteiger partial charge in [-0.25, -0.2) is 17.9 Å². The first-order valence-electron chi connectivity index (χ1n) is 6.54. The number of carboxylic acid groups (broad SMARTS) is 1. The number of hydrogen-bond acceptors (Lipinski definition) is 5. The highest BCUT2D eigenvalue weighted by Crippen LogP contribution is 2.42. The van der Waals surface area contributed by atoms with Crippen molar-refractivity contribution in [2.75, 3.05) is 12.8 Å². The lowest BCUT2D eigenvalue weighted by Crippen LogP contribution is -2.45. The number of hydrogen-bond donors (Lipinski definition) is 2. The Balaban J connectivity index is 2.20. The van der Waals surface area contributed by atoms with Gasteiger partial charge in [-0.3, -0.25) is 4.98 Å². The molecule has 0 radical (unpaired) electrons. The number of aromatic carboxylic acids is 1. The van der Waals surface area contributed by atoms with Gasteiger partial charge in [0, 0.05) is 17.5 Å². The zero-order valence-corrected chi connectivity index (χ0v) is 13.6. The summed E-state index contributed by atoms with van der Waals surface area (Å²) in [4.78, 5) is 14.8. The summed E-state index contributed by atoms with van der Waals surface area (Å²) in [7, 11) is -3.74. The average molecular weight is 330 g/mol. The Morgan fingerprint density at radius 2 is 2.19 bits per heavy atom. The predicted octanol–water partition coefficient (Wildman–Crippen LogP) is 1.65. The standard InChI is InChI=1S/C13H18N2O4S2/c1-9-11(12(16)17)6-10(7-14-9)21(18,19)15-8-13(20-2)4-3-5-13/h6-7,15H,3-5,8H2,1-2H3,(H,16,17). The number of carboxylic acids is 1. The molecule has 8 heteroatoms. The molecular weight excluding hydrogens is 312 g/mol. The van der Waals surface area contributed by atoms with Gasteiger partial charge in [0.05, 0.1) is 11.3 Å². The molecule has 1 heterocycles. The molecule has 0 aromatic carbocycles. The third-order valence-corrected chi connectivity index (χ3v) is 6.67. The van der Waals surface area contributed by atoms with Crippen LogP contribution in [0.2, 0.25) is 0 Å². The Kier molecular flexibility index (Phi) is 4.60. The van der Waals surface area contributed by atoms with E-state index in [2.05, 4.69) is 9.71 Å². The number of rotatable bonds is 6. The molecule has 6 nitrogen and oxygen atoms in total. The Labute approximate surface area is 128 Å². The van der Waals surface area contributed by atoms with Crippen molar-refractivity contribution in [3.05, 3.63) is 23.5 Å². The monoisotopic (exact) mass is 330 g/mol. The van der Waals surface area contributed by atoms with E-state index in [4.69, 9.17) is 5.11 Å². The molecule has 0 bridgehead atoms. The number of nitrogens with one attached hydrogen (secondary N) is 1. The second kappa shape index (κ2) is 5.94. The van der Waals surface area contributed by atoms with E-state index < -0.39 is 16.0 Å². The Bertz CT molecular complexity index is 649. The number of thioether (sulfide) groups is 1. The lowest BCUT2D eigenvalue weighted by atomic mass is 9.84. The maximum absolute atomic E-state index is 12.3. The summed E-state index contributed by atoms with van der Waals surface area (Å²) in [6.45, 7) is 1.89. The zero-order valence-electron chi connectivity index (χ0n) is 11.9. The van der Waals surface area contributed by atoms with Gasteiger partial charge in [0.15, 0.2) is 0 Å². The van der Waals surface area contributed by atoms with Gasteiger partial charge in [-0.05, 0) is 32.1 Å². The summed E-state index contributed by atoms with van der Waals surface area (Å²) in [6, 6.07) is 1.15. The molecule has 21 heavy (non-hydrogen) atoms. The van der Waals surface area contributed by atoms with Gasteiger partial charge in [0.25, 0.3) is 0 Å². The summed E-state index contributed by atoms with van der Waals surface area (Å²) in [5.41, 5.74) is 0.196. The molecule has 1 aliphatic carbocycles. The molecule has 0 saturated heterocycles. The largest absolute Gasteiger partial charge is 0.478 e. The van der Waals surface area contributed by atoms with Crippen molar-refractivity contribution in [2.24, 2.45) is 0 Å². The minimum absolute atomic E-state index is 0.0270. The number of carbonyl (C=O) groups is 1. The fraction of sp³-hybridized carbons (Fsp3) is 0.538. The van der Waals surface area contributed by atoms with Crippen LogP contribution in [-0.4, -0.2) is 42.0 Å². The quantitative estimate of drug-likeness (QED) is 0.823. The van der Waals surface area contributed by atoms with Crippen LogP contribution in [0.3, 0.4) is 0 Å². The van der Waals surface area contributed by atoms with Crippen molar-refractivity contribution < 1.29 is 18.3 Å². The number of aryl methyl sites for hydroxylation is 1. The van der Waals surface area contributed by atoms with Gasteiger partial charge in [-0.15, -0.1) is 0 Å². The van der Waals surface area contributed by atoms with Gasteiger partial charge in [0.2, 0.25) is 10.0 Å². The first kappa shape index (κ1) is 16.3. The van der Waals surface area contributed by atoms with Crippen LogP contribution in [0.4, 0.5) is 0 Å². The molecule has 0 unspecified atom stereocenters. The Morgan fingerprint density at radius 3 is 2.67 bits per heavy atom. The second-order valence-corrected chi connectivity index (χ2v) is 8.22. The van der Waals surface area contributed by atoms with Gasteiger partial charge in [-0.2, -0.15) is 11.8 Å². The zero-order chi connectivity index (χ0) is 15.7. The molecule has 0 atom stereocenters. The highest BCUT2D eigenvalue weighted by Gasteiger charge is 2.37. The Morgan fingerprint density at radius 1 is 1.52 bits per heavy atom. The minimum Gasteiger partial charge on any atom is -0.478 e. The molecule has 116 valence electrons. The van der Waals surface area contributed by atoms with Crippen molar-refractivity contribution in [3.8, 4) is 0 Å². The summed E-state index contributed by atoms with van der Waals surface area (Å²) < 4.78 is 27.1. The maximum atomic E-state index is 12.3. The first-order chi connectivity index (χ1) is 9.80. The summed E-state index contributed by atoms with van der Waals surface area (Å²) in [6.07, 6.45) is 6.25. The molecule has 1 saturated carbocycles. The topological polar surface area (TPSA) is 96.4 Å². The Hall–Kier alpha value is -1.12. The van der Waals surface area contributed by atoms with E-state index in [1.54, 1.807) is 11.8 Å². The van der Waals surface area contributed by atoms with E-state index in [0.717, 1.165) is 25.3 Å². The van der Waals surface area contributed by atoms with Crippen LogP contribution in [0.5, 0.6) is 0 Å². The van der Waals surface area contributed by atoms with E-state index in [9.17, 15) is 13.2 Å². The summed E-state index contributed by atoms with van der Waals surface area (Å²) in [5.74, 6) is -1.18. The maximum Gasteiger partial charge on any atom is 0.337 e. The van der Waals surface area contributed by atoms with Crippen LogP contribution in [0, 0.1) is 6.92 Å². The molecular formula is C13H18N2O4S2. The molecule has 2 N–H and O–H groups in total. The van der Waals surface area contributed by atoms with E-state index >= 15 is 0 Å². The molecule has 1 fully saturated rings. The van der Waals surface area contributed by atoms with Crippen molar-refractivity contribution in [3.63, 3.8) is 0 Å². The van der Waals surface area contributed by atoms with Crippen molar-refractivity contribution in [1.29, 1.82) is 0 Å². The van der Waals surface area contributed by atoms with Gasteiger partial charge in [-0.1, -0.05) is 6.42 Å². The average Bonchev–Trinajstić information content (AvgIpc) is 2.37. The van der Waals surface area contributed by atoms with Crippen LogP contribution >= 0.6 is 11.8 Å². The predicted molar refractivity (Wildman–Crippen MR) is 81.2 cm³/mol. The number of aromatic nitrogens is 1. The number of pyridine rings is 1. The first-order valence-corrected chi connectivity index (χ1v) is 9.25. The summed E-state index contributed by atoms with van der Waals surface area (Å²) >= 11 is 1.67. The lowest BCUT2D eigenvalue weighted by molar-refractivity contribution is 0.0695. The molecule has 1 aromatic heterocycles. The molecule has 0 amide bonds. The van der Waals surface area contributed by atoms with Crippen LogP contribution in [0.25, 0.3) is 0 Å². The van der Waals surface area contributed by atoms with Crippen molar-refractivity contribution in [1.82, 2.24) is 9.71 Å². The fourth-order valence-electron chi connectivity index (χ4n) is 2.21. The molecule has 2 rings (SSSR count). The van der Waals surface area contributed by atoms with Crippen LogP contribution in [0.15, 0.2) is 17.2 Å². The molecule has 1 aromatic rings. The minimum atomic E-state index is -3.74. The lowest BCUT2D eigenvalue weighted by Gasteiger charge is -2.40. The fourth-order valence-corrected chi connectivity index (χ4v) is 4.31. The van der Waals surface area contributed by atoms with Gasteiger partial charge < -0.3 is 5.11 Å². The normalized spacial score (nSPS) is 17.2. The van der Waals surface area contributed by atoms with E-state index in [1.807, 2.05) is 6.26 Å². The van der Waals surface area contributed by atoms with E-state index in [-0.39, 0.29) is 15.2 Å². The SMILES string of the molecule is CSC1(CNS(=O)(=O)c2cnc(C)c(C(=O)O)c2)CCC1. The van der Waals surface area contributed by atoms with Crippen molar-refractivity contribution >= 4 is 27.8 Å². The van der Waals surface area contributed by atoms with E-state index in [1.165, 1.54) is 13.1 Å². The number of sulfonamides is 1. The molecule has 0 aliphatic heterocycles. The highest BCUT2D eigenvalue weighted by atomic mass is 32.2. The van der Waals surface area contributed by atoms with E-state index in [0.29, 0.717) is 12.2 Å². The summed E-state index contributed by atoms with van der Waals surface area (Å²) in [5, 5.41) is 9.04. The molecule has 1 aliphatic rings. The van der Waals surface area contributed by atoms with Crippen LogP contribution in [0.1, 0.15) is 35.3 Å². The molecule has 0 spiro atoms. The van der Waals surface area contributed by atoms with Gasteiger partial charge in [0.1, 0.15) is 4.90 Å². The van der Waals surface area contributed by atoms with Crippen LogP contribution < -0.4 is 4.72 Å². The van der Waals surface area contributed by atoms with Crippen molar-refractivity contribution in [2.45, 2.75) is 35.8 Å². The third kappa shape index (κ3) is 3.38.